The van der Waals surface area contributed by atoms with Crippen molar-refractivity contribution in [1.82, 2.24) is 14.5 Å². The number of aromatic hydroxyl groups is 1. The Balaban J connectivity index is 1.36. The molecule has 1 spiro atoms. The second kappa shape index (κ2) is 10.8. The van der Waals surface area contributed by atoms with Gasteiger partial charge in [0.2, 0.25) is 11.8 Å². The van der Waals surface area contributed by atoms with Crippen molar-refractivity contribution < 1.29 is 9.90 Å². The lowest BCUT2D eigenvalue weighted by Gasteiger charge is -2.41. The number of nitrogens with zero attached hydrogens (tertiary/aromatic N) is 2. The van der Waals surface area contributed by atoms with Crippen molar-refractivity contribution >= 4 is 5.91 Å². The van der Waals surface area contributed by atoms with E-state index in [9.17, 15) is 14.7 Å². The number of aromatic nitrogens is 2. The van der Waals surface area contributed by atoms with Crippen LogP contribution in [0.15, 0.2) is 29.1 Å². The van der Waals surface area contributed by atoms with Crippen molar-refractivity contribution in [3.05, 3.63) is 51.6 Å². The number of benzene rings is 1. The van der Waals surface area contributed by atoms with Gasteiger partial charge in [-0.15, -0.1) is 0 Å². The number of aromatic amines is 1. The highest BCUT2D eigenvalue weighted by atomic mass is 16.3. The van der Waals surface area contributed by atoms with Crippen LogP contribution in [0.3, 0.4) is 0 Å². The summed E-state index contributed by atoms with van der Waals surface area (Å²) in [4.78, 5) is 31.9. The Kier molecular flexibility index (Phi) is 7.56. The van der Waals surface area contributed by atoms with Crippen LogP contribution >= 0.6 is 0 Å². The van der Waals surface area contributed by atoms with Crippen molar-refractivity contribution in [3.8, 4) is 5.88 Å². The third-order valence-electron chi connectivity index (χ3n) is 9.23. The molecule has 2 fully saturated rings. The molecule has 1 aliphatic heterocycles. The Labute approximate surface area is 214 Å². The van der Waals surface area contributed by atoms with Crippen LogP contribution in [-0.2, 0) is 23.1 Å². The molecule has 1 saturated carbocycles. The molecule has 2 aliphatic carbocycles. The zero-order chi connectivity index (χ0) is 25.1. The lowest BCUT2D eigenvalue weighted by atomic mass is 9.73. The smallest absolute Gasteiger partial charge is 0.329 e. The van der Waals surface area contributed by atoms with E-state index in [-0.39, 0.29) is 22.9 Å². The maximum absolute atomic E-state index is 14.0. The van der Waals surface area contributed by atoms with E-state index in [1.54, 1.807) is 0 Å². The topological polar surface area (TPSA) is 104 Å². The molecule has 5 rings (SSSR count). The standard InChI is InChI=1S/C29H42N4O3/c30-17-7-6-12-24-26(34)33(28(36)31-24)25(20-21-8-2-1-3-9-21)27(35)32-18-15-29(16-19-32)14-13-22-10-4-5-11-23(22)29/h4-5,10-11,21,25,34H,1-3,6-9,12-20,30H2,(H,31,36)/t25-/m1/s1. The maximum atomic E-state index is 14.0. The van der Waals surface area contributed by atoms with Crippen molar-refractivity contribution in [2.45, 2.75) is 94.9 Å². The first kappa shape index (κ1) is 25.1. The summed E-state index contributed by atoms with van der Waals surface area (Å²) < 4.78 is 1.37. The number of hydrogen-bond donors (Lipinski definition) is 3. The molecule has 3 aliphatic rings. The van der Waals surface area contributed by atoms with Gasteiger partial charge in [-0.3, -0.25) is 9.36 Å². The monoisotopic (exact) mass is 494 g/mol. The van der Waals surface area contributed by atoms with E-state index in [2.05, 4.69) is 29.2 Å². The fraction of sp³-hybridized carbons (Fsp3) is 0.655. The predicted molar refractivity (Wildman–Crippen MR) is 141 cm³/mol. The lowest BCUT2D eigenvalue weighted by molar-refractivity contribution is -0.137. The number of rotatable bonds is 8. The van der Waals surface area contributed by atoms with Crippen LogP contribution in [0.5, 0.6) is 5.88 Å². The highest BCUT2D eigenvalue weighted by Crippen LogP contribution is 2.46. The molecule has 0 unspecified atom stereocenters. The number of amides is 1. The van der Waals surface area contributed by atoms with Crippen molar-refractivity contribution in [2.75, 3.05) is 19.6 Å². The number of aryl methyl sites for hydroxylation is 2. The highest BCUT2D eigenvalue weighted by molar-refractivity contribution is 5.81. The molecule has 2 aromatic rings. The number of nitrogens with one attached hydrogen (secondary N) is 1. The molecule has 36 heavy (non-hydrogen) atoms. The van der Waals surface area contributed by atoms with Gasteiger partial charge < -0.3 is 20.7 Å². The molecule has 1 aromatic heterocycles. The Hall–Kier alpha value is -2.54. The Morgan fingerprint density at radius 2 is 1.86 bits per heavy atom. The van der Waals surface area contributed by atoms with Crippen LogP contribution in [0.4, 0.5) is 0 Å². The van der Waals surface area contributed by atoms with E-state index in [0.717, 1.165) is 51.4 Å². The highest BCUT2D eigenvalue weighted by Gasteiger charge is 2.43. The van der Waals surface area contributed by atoms with Gasteiger partial charge in [-0.1, -0.05) is 56.4 Å². The van der Waals surface area contributed by atoms with E-state index in [1.165, 1.54) is 35.0 Å². The first-order chi connectivity index (χ1) is 17.5. The summed E-state index contributed by atoms with van der Waals surface area (Å²) >= 11 is 0. The average molecular weight is 495 g/mol. The molecule has 1 atom stereocenters. The van der Waals surface area contributed by atoms with E-state index in [0.29, 0.717) is 44.1 Å². The summed E-state index contributed by atoms with van der Waals surface area (Å²) in [5.41, 5.74) is 8.87. The van der Waals surface area contributed by atoms with Gasteiger partial charge in [0.15, 0.2) is 0 Å². The van der Waals surface area contributed by atoms with Crippen LogP contribution in [0.2, 0.25) is 0 Å². The van der Waals surface area contributed by atoms with E-state index >= 15 is 0 Å². The van der Waals surface area contributed by atoms with Crippen LogP contribution < -0.4 is 11.4 Å². The van der Waals surface area contributed by atoms with E-state index in [1.807, 2.05) is 4.90 Å². The number of H-pyrrole nitrogens is 1. The number of likely N-dealkylation sites (tertiary alicyclic amines) is 1. The summed E-state index contributed by atoms with van der Waals surface area (Å²) in [5, 5.41) is 11.1. The minimum Gasteiger partial charge on any atom is -0.493 e. The minimum absolute atomic E-state index is 0.00777. The summed E-state index contributed by atoms with van der Waals surface area (Å²) in [7, 11) is 0. The molecule has 0 bridgehead atoms. The molecule has 2 heterocycles. The molecular formula is C29H42N4O3. The SMILES string of the molecule is NCCCCc1[nH]c(=O)n([C@H](CC2CCCCC2)C(=O)N2CCC3(CCc4ccccc43)CC2)c1O. The zero-order valence-electron chi connectivity index (χ0n) is 21.5. The summed E-state index contributed by atoms with van der Waals surface area (Å²) in [6, 6.07) is 8.13. The van der Waals surface area contributed by atoms with Crippen molar-refractivity contribution in [1.29, 1.82) is 0 Å². The number of fused-ring (bicyclic) bond motifs is 2. The zero-order valence-corrected chi connectivity index (χ0v) is 21.5. The Morgan fingerprint density at radius 1 is 1.11 bits per heavy atom. The maximum Gasteiger partial charge on any atom is 0.329 e. The van der Waals surface area contributed by atoms with Gasteiger partial charge >= 0.3 is 5.69 Å². The molecule has 7 nitrogen and oxygen atoms in total. The fourth-order valence-electron chi connectivity index (χ4n) is 7.10. The molecule has 0 radical (unpaired) electrons. The number of piperidine rings is 1. The molecule has 4 N–H and O–H groups in total. The number of nitrogens with two attached hydrogens (primary N) is 1. The van der Waals surface area contributed by atoms with Gasteiger partial charge in [-0.2, -0.15) is 0 Å². The molecule has 1 saturated heterocycles. The normalized spacial score (nSPS) is 20.5. The van der Waals surface area contributed by atoms with Crippen molar-refractivity contribution in [3.63, 3.8) is 0 Å². The van der Waals surface area contributed by atoms with Gasteiger partial charge in [0.1, 0.15) is 6.04 Å². The number of carbonyl (C=O) groups is 1. The minimum atomic E-state index is -0.648. The van der Waals surface area contributed by atoms with E-state index < -0.39 is 6.04 Å². The quantitative estimate of drug-likeness (QED) is 0.479. The molecular weight excluding hydrogens is 452 g/mol. The molecule has 1 aromatic carbocycles. The van der Waals surface area contributed by atoms with Crippen LogP contribution in [0.1, 0.15) is 93.5 Å². The summed E-state index contributed by atoms with van der Waals surface area (Å²) in [6.45, 7) is 1.99. The van der Waals surface area contributed by atoms with Gasteiger partial charge in [0.25, 0.3) is 0 Å². The number of hydrogen-bond acceptors (Lipinski definition) is 4. The predicted octanol–water partition coefficient (Wildman–Crippen LogP) is 4.18. The fourth-order valence-corrected chi connectivity index (χ4v) is 7.10. The molecule has 7 heteroatoms. The Morgan fingerprint density at radius 3 is 2.61 bits per heavy atom. The van der Waals surface area contributed by atoms with E-state index in [4.69, 9.17) is 5.73 Å². The second-order valence-electron chi connectivity index (χ2n) is 11.4. The third-order valence-corrected chi connectivity index (χ3v) is 9.23. The molecule has 196 valence electrons. The number of carbonyl (C=O) groups excluding carboxylic acids is 1. The lowest BCUT2D eigenvalue weighted by Crippen LogP contribution is -2.48. The van der Waals surface area contributed by atoms with Crippen LogP contribution in [0.25, 0.3) is 0 Å². The Bertz CT molecular complexity index is 1110. The van der Waals surface area contributed by atoms with Crippen LogP contribution in [-0.4, -0.2) is 45.1 Å². The number of unbranched alkanes of at least 4 members (excludes halogenated alkanes) is 1. The van der Waals surface area contributed by atoms with Crippen molar-refractivity contribution in [2.24, 2.45) is 11.7 Å². The summed E-state index contributed by atoms with van der Waals surface area (Å²) in [5.74, 6) is 0.337. The largest absolute Gasteiger partial charge is 0.493 e. The van der Waals surface area contributed by atoms with Gasteiger partial charge in [-0.05, 0) is 80.4 Å². The first-order valence-corrected chi connectivity index (χ1v) is 14.1. The first-order valence-electron chi connectivity index (χ1n) is 14.1. The average Bonchev–Trinajstić information content (AvgIpc) is 3.40. The van der Waals surface area contributed by atoms with Gasteiger partial charge in [0.05, 0.1) is 5.69 Å². The molecule has 1 amide bonds. The summed E-state index contributed by atoms with van der Waals surface area (Å²) in [6.07, 6.45) is 12.8. The van der Waals surface area contributed by atoms with Crippen LogP contribution in [0, 0.1) is 5.92 Å². The van der Waals surface area contributed by atoms with Gasteiger partial charge in [-0.25, -0.2) is 4.79 Å². The third kappa shape index (κ3) is 4.86. The second-order valence-corrected chi connectivity index (χ2v) is 11.4. The van der Waals surface area contributed by atoms with Gasteiger partial charge in [0, 0.05) is 13.1 Å². The number of imidazole rings is 1.